The Morgan fingerprint density at radius 1 is 1.18 bits per heavy atom. The highest BCUT2D eigenvalue weighted by Gasteiger charge is 2.38. The van der Waals surface area contributed by atoms with Crippen molar-refractivity contribution in [2.45, 2.75) is 38.3 Å². The number of nitrogens with zero attached hydrogens (tertiary/aromatic N) is 2. The van der Waals surface area contributed by atoms with Crippen LogP contribution in [0.4, 0.5) is 0 Å². The number of aryl methyl sites for hydroxylation is 1. The predicted molar refractivity (Wildman–Crippen MR) is 129 cm³/mol. The van der Waals surface area contributed by atoms with Gasteiger partial charge in [-0.1, -0.05) is 18.2 Å². The van der Waals surface area contributed by atoms with Gasteiger partial charge in [-0.05, 0) is 69.8 Å². The summed E-state index contributed by atoms with van der Waals surface area (Å²) in [7, 11) is 1.95. The molecule has 2 aromatic carbocycles. The summed E-state index contributed by atoms with van der Waals surface area (Å²) in [5, 5.41) is 13.1. The van der Waals surface area contributed by atoms with Gasteiger partial charge in [-0.15, -0.1) is 0 Å². The number of rotatable bonds is 7. The second-order valence-electron chi connectivity index (χ2n) is 9.04. The predicted octanol–water partition coefficient (Wildman–Crippen LogP) is 3.21. The molecule has 1 unspecified atom stereocenters. The van der Waals surface area contributed by atoms with Crippen LogP contribution in [0.15, 0.2) is 54.6 Å². The third-order valence-electron chi connectivity index (χ3n) is 6.21. The molecular formula is C26H30N4O4. The van der Waals surface area contributed by atoms with E-state index in [0.717, 1.165) is 35.1 Å². The molecule has 0 saturated carbocycles. The molecule has 8 nitrogen and oxygen atoms in total. The van der Waals surface area contributed by atoms with E-state index < -0.39 is 11.4 Å². The van der Waals surface area contributed by atoms with E-state index in [1.165, 1.54) is 0 Å². The van der Waals surface area contributed by atoms with Gasteiger partial charge in [0, 0.05) is 28.8 Å². The zero-order chi connectivity index (χ0) is 24.1. The maximum atomic E-state index is 13.0. The molecule has 2 heterocycles. The summed E-state index contributed by atoms with van der Waals surface area (Å²) in [5.74, 6) is -0.122. The van der Waals surface area contributed by atoms with Gasteiger partial charge < -0.3 is 15.0 Å². The first-order valence-corrected chi connectivity index (χ1v) is 11.4. The smallest absolute Gasteiger partial charge is 0.251 e. The molecule has 1 aliphatic heterocycles. The Balaban J connectivity index is 1.44. The van der Waals surface area contributed by atoms with Crippen molar-refractivity contribution >= 4 is 22.7 Å². The van der Waals surface area contributed by atoms with Crippen LogP contribution in [-0.4, -0.2) is 52.6 Å². The molecule has 0 bridgehead atoms. The van der Waals surface area contributed by atoms with Crippen LogP contribution in [0.1, 0.15) is 40.9 Å². The standard InChI is InChI=1S/C26H30N4O4/c1-18-14-20(22-6-3-4-7-23(22)27-18)16-34-21-10-8-19(9-11-21)25(32)28-26(15-24(31)29-33)12-5-13-30(2)17-26/h3-4,6-11,14,33H,5,12-13,15-17H2,1-2H3,(H,28,32)(H,29,31). The van der Waals surface area contributed by atoms with E-state index in [4.69, 9.17) is 9.94 Å². The fraction of sp³-hybridized carbons (Fsp3) is 0.346. The maximum Gasteiger partial charge on any atom is 0.251 e. The number of nitrogens with one attached hydrogen (secondary N) is 2. The van der Waals surface area contributed by atoms with Gasteiger partial charge in [-0.2, -0.15) is 0 Å². The molecule has 8 heteroatoms. The number of fused-ring (bicyclic) bond motifs is 1. The lowest BCUT2D eigenvalue weighted by atomic mass is 9.85. The Kier molecular flexibility index (Phi) is 7.09. The fourth-order valence-corrected chi connectivity index (χ4v) is 4.69. The van der Waals surface area contributed by atoms with Crippen molar-refractivity contribution in [1.29, 1.82) is 0 Å². The van der Waals surface area contributed by atoms with Gasteiger partial charge in [0.1, 0.15) is 12.4 Å². The van der Waals surface area contributed by atoms with Crippen LogP contribution in [0.5, 0.6) is 5.75 Å². The number of aromatic nitrogens is 1. The normalized spacial score (nSPS) is 18.4. The Morgan fingerprint density at radius 2 is 1.94 bits per heavy atom. The number of benzene rings is 2. The van der Waals surface area contributed by atoms with Gasteiger partial charge in [-0.25, -0.2) is 5.48 Å². The highest BCUT2D eigenvalue weighted by atomic mass is 16.5. The average molecular weight is 463 g/mol. The molecule has 3 N–H and O–H groups in total. The van der Waals surface area contributed by atoms with Crippen molar-refractivity contribution in [3.8, 4) is 5.75 Å². The largest absolute Gasteiger partial charge is 0.489 e. The molecule has 2 amide bonds. The Bertz CT molecular complexity index is 1180. The minimum Gasteiger partial charge on any atom is -0.489 e. The molecule has 4 rings (SSSR count). The number of piperidine rings is 1. The molecule has 1 aromatic heterocycles. The van der Waals surface area contributed by atoms with E-state index in [1.54, 1.807) is 29.7 Å². The Labute approximate surface area is 198 Å². The highest BCUT2D eigenvalue weighted by Crippen LogP contribution is 2.25. The molecule has 0 aliphatic carbocycles. The van der Waals surface area contributed by atoms with E-state index in [2.05, 4.69) is 15.2 Å². The van der Waals surface area contributed by atoms with Crippen molar-refractivity contribution in [2.75, 3.05) is 20.1 Å². The molecule has 0 spiro atoms. The molecule has 1 saturated heterocycles. The van der Waals surface area contributed by atoms with Crippen LogP contribution in [-0.2, 0) is 11.4 Å². The second kappa shape index (κ2) is 10.2. The van der Waals surface area contributed by atoms with Gasteiger partial charge in [0.2, 0.25) is 5.91 Å². The van der Waals surface area contributed by atoms with E-state index in [0.29, 0.717) is 30.9 Å². The van der Waals surface area contributed by atoms with Crippen molar-refractivity contribution < 1.29 is 19.5 Å². The first kappa shape index (κ1) is 23.7. The number of carbonyl (C=O) groups is 2. The van der Waals surface area contributed by atoms with E-state index in [9.17, 15) is 9.59 Å². The molecule has 1 atom stereocenters. The van der Waals surface area contributed by atoms with E-state index in [1.807, 2.05) is 44.3 Å². The first-order chi connectivity index (χ1) is 16.4. The number of amides is 2. The summed E-state index contributed by atoms with van der Waals surface area (Å²) in [5.41, 5.74) is 4.36. The Hall–Kier alpha value is -3.49. The topological polar surface area (TPSA) is 104 Å². The average Bonchev–Trinajstić information content (AvgIpc) is 2.82. The number of hydrogen-bond donors (Lipinski definition) is 3. The summed E-state index contributed by atoms with van der Waals surface area (Å²) in [6.07, 6.45) is 1.53. The number of carbonyl (C=O) groups excluding carboxylic acids is 2. The second-order valence-corrected chi connectivity index (χ2v) is 9.04. The molecule has 0 radical (unpaired) electrons. The van der Waals surface area contributed by atoms with Gasteiger partial charge >= 0.3 is 0 Å². The summed E-state index contributed by atoms with van der Waals surface area (Å²) in [4.78, 5) is 31.5. The molecular weight excluding hydrogens is 432 g/mol. The number of ether oxygens (including phenoxy) is 1. The first-order valence-electron chi connectivity index (χ1n) is 11.4. The fourth-order valence-electron chi connectivity index (χ4n) is 4.69. The Morgan fingerprint density at radius 3 is 2.68 bits per heavy atom. The summed E-state index contributed by atoms with van der Waals surface area (Å²) < 4.78 is 5.99. The van der Waals surface area contributed by atoms with Crippen molar-refractivity contribution in [3.63, 3.8) is 0 Å². The summed E-state index contributed by atoms with van der Waals surface area (Å²) in [6.45, 7) is 3.79. The highest BCUT2D eigenvalue weighted by molar-refractivity contribution is 5.95. The van der Waals surface area contributed by atoms with E-state index in [-0.39, 0.29) is 12.3 Å². The number of likely N-dealkylation sites (tertiary alicyclic amines) is 1. The van der Waals surface area contributed by atoms with Crippen LogP contribution >= 0.6 is 0 Å². The zero-order valence-corrected chi connectivity index (χ0v) is 19.5. The minimum absolute atomic E-state index is 0.0140. The molecule has 1 aliphatic rings. The van der Waals surface area contributed by atoms with Crippen LogP contribution in [0.2, 0.25) is 0 Å². The zero-order valence-electron chi connectivity index (χ0n) is 19.5. The minimum atomic E-state index is -0.730. The number of hydroxylamine groups is 1. The lowest BCUT2D eigenvalue weighted by Crippen LogP contribution is -2.59. The molecule has 3 aromatic rings. The number of likely N-dealkylation sites (N-methyl/N-ethyl adjacent to an activating group) is 1. The summed E-state index contributed by atoms with van der Waals surface area (Å²) in [6, 6.07) is 17.0. The quantitative estimate of drug-likeness (QED) is 0.368. The van der Waals surface area contributed by atoms with E-state index >= 15 is 0 Å². The molecule has 178 valence electrons. The maximum absolute atomic E-state index is 13.0. The third kappa shape index (κ3) is 5.52. The SMILES string of the molecule is Cc1cc(COc2ccc(C(=O)NC3(CC(=O)NO)CCCN(C)C3)cc2)c2ccccc2n1. The van der Waals surface area contributed by atoms with Crippen LogP contribution in [0, 0.1) is 6.92 Å². The van der Waals surface area contributed by atoms with Crippen molar-refractivity contribution in [3.05, 3.63) is 71.4 Å². The van der Waals surface area contributed by atoms with Crippen LogP contribution in [0.3, 0.4) is 0 Å². The molecule has 1 fully saturated rings. The van der Waals surface area contributed by atoms with Gasteiger partial charge in [-0.3, -0.25) is 19.8 Å². The van der Waals surface area contributed by atoms with Crippen molar-refractivity contribution in [1.82, 2.24) is 20.7 Å². The van der Waals surface area contributed by atoms with Gasteiger partial charge in [0.25, 0.3) is 5.91 Å². The van der Waals surface area contributed by atoms with Gasteiger partial charge in [0.05, 0.1) is 17.5 Å². The number of hydrogen-bond acceptors (Lipinski definition) is 6. The van der Waals surface area contributed by atoms with Crippen LogP contribution < -0.4 is 15.5 Å². The number of pyridine rings is 1. The lowest BCUT2D eigenvalue weighted by Gasteiger charge is -2.41. The van der Waals surface area contributed by atoms with Gasteiger partial charge in [0.15, 0.2) is 0 Å². The number of para-hydroxylation sites is 1. The third-order valence-corrected chi connectivity index (χ3v) is 6.21. The molecule has 34 heavy (non-hydrogen) atoms. The van der Waals surface area contributed by atoms with Crippen molar-refractivity contribution in [2.24, 2.45) is 0 Å². The lowest BCUT2D eigenvalue weighted by molar-refractivity contribution is -0.131. The van der Waals surface area contributed by atoms with Crippen LogP contribution in [0.25, 0.3) is 10.9 Å². The monoisotopic (exact) mass is 462 g/mol. The summed E-state index contributed by atoms with van der Waals surface area (Å²) >= 11 is 0.